The molecule has 1 atom stereocenters. The third-order valence-electron chi connectivity index (χ3n) is 5.13. The maximum absolute atomic E-state index is 13.1. The van der Waals surface area contributed by atoms with Crippen molar-refractivity contribution in [3.8, 4) is 0 Å². The molecule has 0 aromatic carbocycles. The van der Waals surface area contributed by atoms with Crippen molar-refractivity contribution in [1.29, 1.82) is 0 Å². The Labute approximate surface area is 148 Å². The molecule has 25 heavy (non-hydrogen) atoms. The van der Waals surface area contributed by atoms with Crippen LogP contribution in [0.15, 0.2) is 6.07 Å². The minimum Gasteiger partial charge on any atom is -0.395 e. The number of hydrogen-bond acceptors (Lipinski definition) is 5. The highest BCUT2D eigenvalue weighted by Gasteiger charge is 2.27. The van der Waals surface area contributed by atoms with Gasteiger partial charge in [0.05, 0.1) is 23.3 Å². The van der Waals surface area contributed by atoms with E-state index in [0.717, 1.165) is 41.9 Å². The summed E-state index contributed by atoms with van der Waals surface area (Å²) in [4.78, 5) is 21.8. The molecule has 3 heterocycles. The van der Waals surface area contributed by atoms with Crippen molar-refractivity contribution in [2.24, 2.45) is 7.05 Å². The number of aryl methyl sites for hydroxylation is 3. The first-order chi connectivity index (χ1) is 12.0. The molecule has 0 aliphatic carbocycles. The molecule has 7 nitrogen and oxygen atoms in total. The molecule has 2 aromatic heterocycles. The van der Waals surface area contributed by atoms with Gasteiger partial charge in [-0.3, -0.25) is 14.4 Å². The van der Waals surface area contributed by atoms with Crippen molar-refractivity contribution < 1.29 is 9.90 Å². The van der Waals surface area contributed by atoms with Crippen LogP contribution in [0.2, 0.25) is 0 Å². The molecule has 0 bridgehead atoms. The van der Waals surface area contributed by atoms with Crippen molar-refractivity contribution in [2.75, 3.05) is 32.8 Å². The summed E-state index contributed by atoms with van der Waals surface area (Å²) in [6.07, 6.45) is 0.920. The van der Waals surface area contributed by atoms with Gasteiger partial charge in [-0.2, -0.15) is 5.10 Å². The smallest absolute Gasteiger partial charge is 0.254 e. The SMILES string of the molecule is CCC(CO)N1CCN(C(=O)c2cc(C)nc3c2c(C)nn3C)CC1. The van der Waals surface area contributed by atoms with Gasteiger partial charge < -0.3 is 10.0 Å². The fraction of sp³-hybridized carbons (Fsp3) is 0.611. The van der Waals surface area contributed by atoms with E-state index in [9.17, 15) is 9.90 Å². The standard InChI is InChI=1S/C18H27N5O2/c1-5-14(11-24)22-6-8-23(9-7-22)18(25)15-10-12(2)19-17-16(15)13(3)20-21(17)4/h10,14,24H,5-9,11H2,1-4H3. The van der Waals surface area contributed by atoms with Gasteiger partial charge in [-0.05, 0) is 26.3 Å². The summed E-state index contributed by atoms with van der Waals surface area (Å²) in [7, 11) is 1.86. The second-order valence-corrected chi connectivity index (χ2v) is 6.79. The van der Waals surface area contributed by atoms with E-state index in [4.69, 9.17) is 0 Å². The normalized spacial score (nSPS) is 17.2. The van der Waals surface area contributed by atoms with Crippen LogP contribution in [0.5, 0.6) is 0 Å². The number of carbonyl (C=O) groups is 1. The zero-order valence-electron chi connectivity index (χ0n) is 15.5. The third-order valence-corrected chi connectivity index (χ3v) is 5.13. The predicted molar refractivity (Wildman–Crippen MR) is 96.6 cm³/mol. The Morgan fingerprint density at radius 2 is 1.96 bits per heavy atom. The van der Waals surface area contributed by atoms with Gasteiger partial charge in [-0.25, -0.2) is 4.98 Å². The molecule has 7 heteroatoms. The van der Waals surface area contributed by atoms with Crippen molar-refractivity contribution in [1.82, 2.24) is 24.6 Å². The van der Waals surface area contributed by atoms with Gasteiger partial charge in [0.1, 0.15) is 0 Å². The van der Waals surface area contributed by atoms with Crippen LogP contribution < -0.4 is 0 Å². The quantitative estimate of drug-likeness (QED) is 0.899. The van der Waals surface area contributed by atoms with E-state index in [0.29, 0.717) is 18.7 Å². The van der Waals surface area contributed by atoms with Crippen molar-refractivity contribution in [3.63, 3.8) is 0 Å². The molecule has 2 aromatic rings. The van der Waals surface area contributed by atoms with Gasteiger partial charge in [0, 0.05) is 45.0 Å². The molecule has 1 aliphatic heterocycles. The van der Waals surface area contributed by atoms with Crippen LogP contribution in [0.4, 0.5) is 0 Å². The van der Waals surface area contributed by atoms with Crippen LogP contribution in [0, 0.1) is 13.8 Å². The minimum atomic E-state index is 0.0447. The number of pyridine rings is 1. The summed E-state index contributed by atoms with van der Waals surface area (Å²) in [6, 6.07) is 2.06. The molecular formula is C18H27N5O2. The monoisotopic (exact) mass is 345 g/mol. The highest BCUT2D eigenvalue weighted by molar-refractivity contribution is 6.06. The summed E-state index contributed by atoms with van der Waals surface area (Å²) in [5.41, 5.74) is 3.10. The number of amides is 1. The van der Waals surface area contributed by atoms with Crippen LogP contribution in [0.1, 0.15) is 35.1 Å². The Morgan fingerprint density at radius 3 is 2.56 bits per heavy atom. The molecule has 1 amide bonds. The molecule has 1 aliphatic rings. The fourth-order valence-corrected chi connectivity index (χ4v) is 3.70. The van der Waals surface area contributed by atoms with Crippen molar-refractivity contribution in [3.05, 3.63) is 23.0 Å². The summed E-state index contributed by atoms with van der Waals surface area (Å²) in [5.74, 6) is 0.0447. The van der Waals surface area contributed by atoms with E-state index >= 15 is 0 Å². The number of hydrogen-bond donors (Lipinski definition) is 1. The molecule has 0 radical (unpaired) electrons. The third kappa shape index (κ3) is 3.26. The Hall–Kier alpha value is -1.99. The van der Waals surface area contributed by atoms with Crippen LogP contribution in [0.3, 0.4) is 0 Å². The van der Waals surface area contributed by atoms with Gasteiger partial charge in [0.2, 0.25) is 0 Å². The van der Waals surface area contributed by atoms with E-state index < -0.39 is 0 Å². The number of nitrogens with zero attached hydrogens (tertiary/aromatic N) is 5. The van der Waals surface area contributed by atoms with E-state index in [2.05, 4.69) is 21.9 Å². The number of rotatable bonds is 4. The number of aliphatic hydroxyl groups excluding tert-OH is 1. The lowest BCUT2D eigenvalue weighted by atomic mass is 10.1. The lowest BCUT2D eigenvalue weighted by Gasteiger charge is -2.38. The van der Waals surface area contributed by atoms with Crippen LogP contribution in [-0.4, -0.2) is 74.4 Å². The Kier molecular flexibility index (Phi) is 5.06. The van der Waals surface area contributed by atoms with Crippen LogP contribution in [-0.2, 0) is 7.05 Å². The summed E-state index contributed by atoms with van der Waals surface area (Å²) < 4.78 is 1.74. The summed E-state index contributed by atoms with van der Waals surface area (Å²) in [5, 5.41) is 14.7. The van der Waals surface area contributed by atoms with E-state index in [1.807, 2.05) is 31.9 Å². The predicted octanol–water partition coefficient (Wildman–Crippen LogP) is 1.11. The zero-order valence-corrected chi connectivity index (χ0v) is 15.5. The summed E-state index contributed by atoms with van der Waals surface area (Å²) in [6.45, 7) is 9.03. The fourth-order valence-electron chi connectivity index (χ4n) is 3.70. The highest BCUT2D eigenvalue weighted by Crippen LogP contribution is 2.23. The molecular weight excluding hydrogens is 318 g/mol. The number of aromatic nitrogens is 3. The second-order valence-electron chi connectivity index (χ2n) is 6.79. The first-order valence-corrected chi connectivity index (χ1v) is 8.91. The number of fused-ring (bicyclic) bond motifs is 1. The van der Waals surface area contributed by atoms with Gasteiger partial charge >= 0.3 is 0 Å². The molecule has 3 rings (SSSR count). The van der Waals surface area contributed by atoms with Crippen molar-refractivity contribution in [2.45, 2.75) is 33.2 Å². The average molecular weight is 345 g/mol. The lowest BCUT2D eigenvalue weighted by molar-refractivity contribution is 0.0473. The molecule has 1 saturated heterocycles. The Morgan fingerprint density at radius 1 is 1.28 bits per heavy atom. The molecule has 1 unspecified atom stereocenters. The zero-order chi connectivity index (χ0) is 18.1. The highest BCUT2D eigenvalue weighted by atomic mass is 16.3. The number of carbonyl (C=O) groups excluding carboxylic acids is 1. The van der Waals surface area contributed by atoms with Gasteiger partial charge in [0.15, 0.2) is 5.65 Å². The Balaban J connectivity index is 1.84. The van der Waals surface area contributed by atoms with E-state index in [1.54, 1.807) is 4.68 Å². The van der Waals surface area contributed by atoms with Gasteiger partial charge in [-0.1, -0.05) is 6.92 Å². The van der Waals surface area contributed by atoms with E-state index in [1.165, 1.54) is 0 Å². The number of piperazine rings is 1. The average Bonchev–Trinajstić information content (AvgIpc) is 2.89. The summed E-state index contributed by atoms with van der Waals surface area (Å²) >= 11 is 0. The van der Waals surface area contributed by atoms with Crippen LogP contribution >= 0.6 is 0 Å². The Bertz CT molecular complexity index is 773. The topological polar surface area (TPSA) is 74.5 Å². The molecule has 136 valence electrons. The van der Waals surface area contributed by atoms with Gasteiger partial charge in [0.25, 0.3) is 5.91 Å². The first kappa shape index (κ1) is 17.8. The molecule has 1 N–H and O–H groups in total. The lowest BCUT2D eigenvalue weighted by Crippen LogP contribution is -2.52. The maximum Gasteiger partial charge on any atom is 0.254 e. The first-order valence-electron chi connectivity index (χ1n) is 8.91. The maximum atomic E-state index is 13.1. The second kappa shape index (κ2) is 7.09. The number of aliphatic hydroxyl groups is 1. The molecule has 0 spiro atoms. The molecule has 0 saturated carbocycles. The van der Waals surface area contributed by atoms with Crippen LogP contribution in [0.25, 0.3) is 11.0 Å². The van der Waals surface area contributed by atoms with Gasteiger partial charge in [-0.15, -0.1) is 0 Å². The van der Waals surface area contributed by atoms with Crippen molar-refractivity contribution >= 4 is 16.9 Å². The molecule has 1 fully saturated rings. The largest absolute Gasteiger partial charge is 0.395 e. The minimum absolute atomic E-state index is 0.0447. The van der Waals surface area contributed by atoms with E-state index in [-0.39, 0.29) is 18.6 Å².